The second-order valence-corrected chi connectivity index (χ2v) is 7.20. The van der Waals surface area contributed by atoms with Crippen molar-refractivity contribution in [3.05, 3.63) is 85.2 Å². The summed E-state index contributed by atoms with van der Waals surface area (Å²) in [6, 6.07) is 5.36. The van der Waals surface area contributed by atoms with Gasteiger partial charge in [0.2, 0.25) is 0 Å². The van der Waals surface area contributed by atoms with Crippen LogP contribution in [0.15, 0.2) is 39.6 Å². The lowest BCUT2D eigenvalue weighted by Crippen LogP contribution is -2.14. The number of ether oxygens (including phenoxy) is 1. The number of aryl methyl sites for hydroxylation is 2. The normalized spacial score (nSPS) is 11.0. The Morgan fingerprint density at radius 2 is 1.66 bits per heavy atom. The minimum atomic E-state index is -0.839. The predicted molar refractivity (Wildman–Crippen MR) is 105 cm³/mol. The first kappa shape index (κ1) is 21.1. The van der Waals surface area contributed by atoms with Gasteiger partial charge in [-0.15, -0.1) is 0 Å². The first-order chi connectivity index (χ1) is 13.7. The molecule has 3 rings (SSSR count). The van der Waals surface area contributed by atoms with Crippen molar-refractivity contribution in [1.29, 1.82) is 0 Å². The number of benzene rings is 2. The minimum absolute atomic E-state index is 0.00310. The number of hydrogen-bond donors (Lipinski definition) is 1. The van der Waals surface area contributed by atoms with E-state index in [-0.39, 0.29) is 39.2 Å². The highest BCUT2D eigenvalue weighted by Gasteiger charge is 2.24. The summed E-state index contributed by atoms with van der Waals surface area (Å²) in [6.07, 6.45) is 0.440. The highest BCUT2D eigenvalue weighted by atomic mass is 79.9. The van der Waals surface area contributed by atoms with E-state index in [0.29, 0.717) is 18.1 Å². The maximum absolute atomic E-state index is 14.7. The van der Waals surface area contributed by atoms with Gasteiger partial charge in [0.25, 0.3) is 5.56 Å². The molecule has 1 aromatic heterocycles. The Labute approximate surface area is 172 Å². The van der Waals surface area contributed by atoms with Gasteiger partial charge in [-0.3, -0.25) is 4.79 Å². The Balaban J connectivity index is 2.14. The molecule has 0 unspecified atom stereocenters. The monoisotopic (exact) mass is 469 g/mol. The molecule has 2 aromatic carbocycles. The second-order valence-electron chi connectivity index (χ2n) is 6.41. The molecule has 3 aromatic rings. The zero-order chi connectivity index (χ0) is 21.3. The van der Waals surface area contributed by atoms with Gasteiger partial charge >= 0.3 is 0 Å². The zero-order valence-electron chi connectivity index (χ0n) is 15.5. The number of hydrogen-bond acceptors (Lipinski definition) is 2. The van der Waals surface area contributed by atoms with Gasteiger partial charge in [0.15, 0.2) is 0 Å². The molecular formula is C21H16BrF4NO2. The van der Waals surface area contributed by atoms with E-state index in [2.05, 4.69) is 20.9 Å². The molecule has 0 radical (unpaired) electrons. The molecule has 0 amide bonds. The fourth-order valence-electron chi connectivity index (χ4n) is 2.96. The summed E-state index contributed by atoms with van der Waals surface area (Å²) in [5.41, 5.74) is -0.283. The molecule has 0 spiro atoms. The fourth-order valence-corrected chi connectivity index (χ4v) is 3.38. The number of halogens is 5. The highest BCUT2D eigenvalue weighted by molar-refractivity contribution is 9.10. The van der Waals surface area contributed by atoms with Crippen molar-refractivity contribution in [3.8, 4) is 16.9 Å². The van der Waals surface area contributed by atoms with Crippen molar-refractivity contribution in [2.45, 2.75) is 26.9 Å². The van der Waals surface area contributed by atoms with Crippen molar-refractivity contribution in [1.82, 2.24) is 4.98 Å². The van der Waals surface area contributed by atoms with Crippen LogP contribution >= 0.6 is 15.9 Å². The highest BCUT2D eigenvalue weighted by Crippen LogP contribution is 2.39. The van der Waals surface area contributed by atoms with E-state index in [1.165, 1.54) is 25.1 Å². The van der Waals surface area contributed by atoms with Crippen LogP contribution in [0, 0.1) is 30.2 Å². The number of H-pyrrole nitrogens is 1. The molecule has 8 heteroatoms. The Bertz CT molecular complexity index is 1120. The van der Waals surface area contributed by atoms with E-state index in [4.69, 9.17) is 4.74 Å². The lowest BCUT2D eigenvalue weighted by Gasteiger charge is -2.17. The number of rotatable bonds is 5. The first-order valence-electron chi connectivity index (χ1n) is 8.70. The lowest BCUT2D eigenvalue weighted by atomic mass is 9.99. The quantitative estimate of drug-likeness (QED) is 0.479. The molecule has 1 heterocycles. The summed E-state index contributed by atoms with van der Waals surface area (Å²) in [5, 5.41) is 0. The average Bonchev–Trinajstić information content (AvgIpc) is 2.65. The van der Waals surface area contributed by atoms with Crippen LogP contribution < -0.4 is 10.3 Å². The van der Waals surface area contributed by atoms with Crippen LogP contribution in [-0.4, -0.2) is 4.98 Å². The molecule has 0 aliphatic heterocycles. The van der Waals surface area contributed by atoms with Crippen LogP contribution in [0.5, 0.6) is 5.75 Å². The van der Waals surface area contributed by atoms with Crippen LogP contribution in [0.2, 0.25) is 0 Å². The van der Waals surface area contributed by atoms with Crippen LogP contribution in [-0.2, 0) is 13.0 Å². The van der Waals surface area contributed by atoms with Gasteiger partial charge in [-0.25, -0.2) is 17.6 Å². The van der Waals surface area contributed by atoms with Gasteiger partial charge < -0.3 is 9.72 Å². The maximum Gasteiger partial charge on any atom is 0.266 e. The number of aromatic nitrogens is 1. The Morgan fingerprint density at radius 3 is 2.24 bits per heavy atom. The minimum Gasteiger partial charge on any atom is -0.487 e. The van der Waals surface area contributed by atoms with Gasteiger partial charge in [-0.05, 0) is 59.1 Å². The number of nitrogens with one attached hydrogen (secondary N) is 1. The van der Waals surface area contributed by atoms with Crippen molar-refractivity contribution >= 4 is 15.9 Å². The first-order valence-corrected chi connectivity index (χ1v) is 9.49. The predicted octanol–water partition coefficient (Wildman–Crippen LogP) is 5.81. The molecule has 29 heavy (non-hydrogen) atoms. The van der Waals surface area contributed by atoms with E-state index in [0.717, 1.165) is 6.07 Å². The van der Waals surface area contributed by atoms with Crippen LogP contribution in [0.4, 0.5) is 17.6 Å². The Morgan fingerprint density at radius 1 is 1.00 bits per heavy atom. The lowest BCUT2D eigenvalue weighted by molar-refractivity contribution is 0.297. The van der Waals surface area contributed by atoms with Crippen LogP contribution in [0.3, 0.4) is 0 Å². The largest absolute Gasteiger partial charge is 0.487 e. The molecule has 3 nitrogen and oxygen atoms in total. The van der Waals surface area contributed by atoms with E-state index < -0.39 is 28.8 Å². The molecule has 0 bridgehead atoms. The molecule has 0 atom stereocenters. The maximum atomic E-state index is 14.7. The summed E-state index contributed by atoms with van der Waals surface area (Å²) in [6.45, 7) is 2.86. The Kier molecular flexibility index (Phi) is 6.12. The van der Waals surface area contributed by atoms with E-state index in [9.17, 15) is 22.4 Å². The van der Waals surface area contributed by atoms with E-state index in [1.807, 2.05) is 0 Å². The third-order valence-electron chi connectivity index (χ3n) is 4.45. The summed E-state index contributed by atoms with van der Waals surface area (Å²) in [5.74, 6) is -3.37. The number of pyridine rings is 1. The second kappa shape index (κ2) is 8.41. The van der Waals surface area contributed by atoms with Gasteiger partial charge in [-0.2, -0.15) is 0 Å². The van der Waals surface area contributed by atoms with Gasteiger partial charge in [0, 0.05) is 17.3 Å². The van der Waals surface area contributed by atoms with Crippen molar-refractivity contribution < 1.29 is 22.3 Å². The van der Waals surface area contributed by atoms with Crippen molar-refractivity contribution in [2.24, 2.45) is 0 Å². The van der Waals surface area contributed by atoms with Crippen molar-refractivity contribution in [2.75, 3.05) is 0 Å². The molecule has 0 saturated carbocycles. The number of aromatic amines is 1. The fraction of sp³-hybridized carbons (Fsp3) is 0.190. The van der Waals surface area contributed by atoms with Crippen LogP contribution in [0.25, 0.3) is 11.1 Å². The van der Waals surface area contributed by atoms with Crippen molar-refractivity contribution in [3.63, 3.8) is 0 Å². The van der Waals surface area contributed by atoms with Gasteiger partial charge in [0.05, 0.1) is 11.1 Å². The molecule has 0 aliphatic rings. The summed E-state index contributed by atoms with van der Waals surface area (Å²) < 4.78 is 62.0. The summed E-state index contributed by atoms with van der Waals surface area (Å²) in [4.78, 5) is 14.7. The molecule has 0 saturated heterocycles. The topological polar surface area (TPSA) is 42.1 Å². The molecule has 152 valence electrons. The summed E-state index contributed by atoms with van der Waals surface area (Å²) >= 11 is 3.08. The standard InChI is InChI=1S/C21H16BrF4NO2/c1-3-11-6-15(25)18(16(26)7-11)17-10(2)27-21(28)19(22)20(17)29-9-12-4-5-13(23)8-14(12)24/h4-8H,3,9H2,1-2H3,(H,27,28). The van der Waals surface area contributed by atoms with E-state index in [1.54, 1.807) is 6.92 Å². The van der Waals surface area contributed by atoms with Gasteiger partial charge in [0.1, 0.15) is 40.1 Å². The summed E-state index contributed by atoms with van der Waals surface area (Å²) in [7, 11) is 0. The van der Waals surface area contributed by atoms with Gasteiger partial charge in [-0.1, -0.05) is 6.92 Å². The van der Waals surface area contributed by atoms with E-state index >= 15 is 0 Å². The third-order valence-corrected chi connectivity index (χ3v) is 5.17. The smallest absolute Gasteiger partial charge is 0.266 e. The molecular weight excluding hydrogens is 454 g/mol. The SMILES string of the molecule is CCc1cc(F)c(-c2c(C)[nH]c(=O)c(Br)c2OCc2ccc(F)cc2F)c(F)c1. The van der Waals surface area contributed by atoms with Crippen LogP contribution in [0.1, 0.15) is 23.7 Å². The average molecular weight is 470 g/mol. The Hall–Kier alpha value is -2.61. The molecule has 0 fully saturated rings. The molecule has 1 N–H and O–H groups in total. The molecule has 0 aliphatic carbocycles. The zero-order valence-corrected chi connectivity index (χ0v) is 17.1. The third kappa shape index (κ3) is 4.22.